The molecule has 2 bridgehead atoms. The predicted octanol–water partition coefficient (Wildman–Crippen LogP) is 2.61. The molecule has 0 aromatic rings. The van der Waals surface area contributed by atoms with Crippen molar-refractivity contribution in [1.29, 1.82) is 0 Å². The molecule has 1 saturated carbocycles. The Morgan fingerprint density at radius 3 is 2.33 bits per heavy atom. The second-order valence-corrected chi connectivity index (χ2v) is 3.60. The first-order valence-electron chi connectivity index (χ1n) is 4.04. The van der Waals surface area contributed by atoms with Crippen molar-refractivity contribution >= 4 is 0 Å². The summed E-state index contributed by atoms with van der Waals surface area (Å²) in [5.74, 6) is 2.87. The summed E-state index contributed by atoms with van der Waals surface area (Å²) >= 11 is 0. The molecule has 0 amide bonds. The average Bonchev–Trinajstić information content (AvgIpc) is 1.90. The maximum absolute atomic E-state index is 2.43. The van der Waals surface area contributed by atoms with E-state index in [2.05, 4.69) is 19.1 Å². The second kappa shape index (κ2) is 1.86. The van der Waals surface area contributed by atoms with Crippen LogP contribution < -0.4 is 0 Å². The number of hydrogen-bond acceptors (Lipinski definition) is 0. The number of hydrogen-bond donors (Lipinski definition) is 0. The van der Waals surface area contributed by atoms with Crippen LogP contribution in [-0.2, 0) is 0 Å². The van der Waals surface area contributed by atoms with Gasteiger partial charge in [-0.2, -0.15) is 0 Å². The van der Waals surface area contributed by atoms with Crippen molar-refractivity contribution in [2.45, 2.75) is 26.2 Å². The molecule has 3 aliphatic carbocycles. The fourth-order valence-corrected chi connectivity index (χ4v) is 2.22. The van der Waals surface area contributed by atoms with Crippen LogP contribution in [0.5, 0.6) is 0 Å². The maximum atomic E-state index is 2.43. The molecule has 3 rings (SSSR count). The fraction of sp³-hybridized carbons (Fsp3) is 0.778. The highest BCUT2D eigenvalue weighted by Crippen LogP contribution is 2.39. The lowest BCUT2D eigenvalue weighted by Crippen LogP contribution is -2.24. The van der Waals surface area contributed by atoms with E-state index >= 15 is 0 Å². The van der Waals surface area contributed by atoms with Crippen LogP contribution in [0.4, 0.5) is 0 Å². The van der Waals surface area contributed by atoms with E-state index in [1.807, 2.05) is 0 Å². The molecule has 0 nitrogen and oxygen atoms in total. The van der Waals surface area contributed by atoms with E-state index in [0.29, 0.717) is 0 Å². The Morgan fingerprint density at radius 1 is 1.22 bits per heavy atom. The van der Waals surface area contributed by atoms with Gasteiger partial charge in [0.2, 0.25) is 0 Å². The zero-order valence-corrected chi connectivity index (χ0v) is 6.01. The summed E-state index contributed by atoms with van der Waals surface area (Å²) in [5.41, 5.74) is 0. The van der Waals surface area contributed by atoms with Crippen LogP contribution in [0.1, 0.15) is 26.2 Å². The summed E-state index contributed by atoms with van der Waals surface area (Å²) in [7, 11) is 0. The predicted molar refractivity (Wildman–Crippen MR) is 39.1 cm³/mol. The topological polar surface area (TPSA) is 0 Å². The lowest BCUT2D eigenvalue weighted by atomic mass is 9.70. The van der Waals surface area contributed by atoms with Crippen LogP contribution in [0.25, 0.3) is 0 Å². The molecule has 0 aliphatic heterocycles. The van der Waals surface area contributed by atoms with E-state index < -0.39 is 0 Å². The zero-order valence-electron chi connectivity index (χ0n) is 6.01. The molecule has 0 N–H and O–H groups in total. The molecule has 3 aliphatic rings. The minimum atomic E-state index is 0.940. The van der Waals surface area contributed by atoms with E-state index in [1.54, 1.807) is 0 Å². The third-order valence-electron chi connectivity index (χ3n) is 2.91. The van der Waals surface area contributed by atoms with Crippen molar-refractivity contribution in [2.24, 2.45) is 17.8 Å². The maximum Gasteiger partial charge on any atom is -0.0207 e. The SMILES string of the molecule is CC1C[C@@H]2C=CC1CC2. The summed E-state index contributed by atoms with van der Waals surface area (Å²) in [4.78, 5) is 0. The molecule has 0 spiro atoms. The van der Waals surface area contributed by atoms with E-state index in [0.717, 1.165) is 17.8 Å². The van der Waals surface area contributed by atoms with Crippen molar-refractivity contribution in [2.75, 3.05) is 0 Å². The molecule has 0 aromatic carbocycles. The Labute approximate surface area is 57.0 Å². The van der Waals surface area contributed by atoms with Crippen LogP contribution in [-0.4, -0.2) is 0 Å². The molecule has 2 unspecified atom stereocenters. The molecule has 9 heavy (non-hydrogen) atoms. The minimum Gasteiger partial charge on any atom is -0.0851 e. The second-order valence-electron chi connectivity index (χ2n) is 3.60. The van der Waals surface area contributed by atoms with Gasteiger partial charge in [-0.1, -0.05) is 19.1 Å². The molecule has 0 aromatic heterocycles. The van der Waals surface area contributed by atoms with Gasteiger partial charge >= 0.3 is 0 Å². The van der Waals surface area contributed by atoms with Gasteiger partial charge in [-0.3, -0.25) is 0 Å². The largest absolute Gasteiger partial charge is 0.0851 e. The molecular formula is C9H14. The van der Waals surface area contributed by atoms with E-state index in [9.17, 15) is 0 Å². The summed E-state index contributed by atoms with van der Waals surface area (Å²) in [6.45, 7) is 2.39. The lowest BCUT2D eigenvalue weighted by molar-refractivity contribution is 0.238. The van der Waals surface area contributed by atoms with Crippen molar-refractivity contribution in [3.8, 4) is 0 Å². The van der Waals surface area contributed by atoms with Gasteiger partial charge in [0.25, 0.3) is 0 Å². The summed E-state index contributed by atoms with van der Waals surface area (Å²) < 4.78 is 0. The number of fused-ring (bicyclic) bond motifs is 2. The lowest BCUT2D eigenvalue weighted by Gasteiger charge is -2.35. The van der Waals surface area contributed by atoms with Gasteiger partial charge in [-0.05, 0) is 37.0 Å². The third kappa shape index (κ3) is 0.810. The monoisotopic (exact) mass is 122 g/mol. The van der Waals surface area contributed by atoms with Crippen molar-refractivity contribution in [1.82, 2.24) is 0 Å². The minimum absolute atomic E-state index is 0.940. The Bertz CT molecular complexity index is 135. The Morgan fingerprint density at radius 2 is 2.11 bits per heavy atom. The zero-order chi connectivity index (χ0) is 6.27. The third-order valence-corrected chi connectivity index (χ3v) is 2.91. The summed E-state index contributed by atoms with van der Waals surface area (Å²) in [6, 6.07) is 0. The normalized spacial score (nSPS) is 47.9. The van der Waals surface area contributed by atoms with Gasteiger partial charge in [-0.25, -0.2) is 0 Å². The van der Waals surface area contributed by atoms with Gasteiger partial charge in [0, 0.05) is 0 Å². The molecule has 0 saturated heterocycles. The Hall–Kier alpha value is -0.260. The van der Waals surface area contributed by atoms with Crippen molar-refractivity contribution in [3.05, 3.63) is 12.2 Å². The molecular weight excluding hydrogens is 108 g/mol. The van der Waals surface area contributed by atoms with Crippen LogP contribution in [0.15, 0.2) is 12.2 Å². The van der Waals surface area contributed by atoms with Crippen LogP contribution >= 0.6 is 0 Å². The first kappa shape index (κ1) is 5.52. The first-order valence-corrected chi connectivity index (χ1v) is 4.04. The Balaban J connectivity index is 2.20. The molecule has 0 heteroatoms. The highest BCUT2D eigenvalue weighted by atomic mass is 14.3. The van der Waals surface area contributed by atoms with Crippen LogP contribution in [0.2, 0.25) is 0 Å². The highest BCUT2D eigenvalue weighted by Gasteiger charge is 2.28. The quantitative estimate of drug-likeness (QED) is 0.433. The van der Waals surface area contributed by atoms with Gasteiger partial charge in [0.05, 0.1) is 0 Å². The molecule has 1 fully saturated rings. The standard InChI is InChI=1S/C9H14/c1-7-6-8-2-4-9(7)5-3-8/h2,4,7-9H,3,5-6H2,1H3/t7?,8-,9?/m1/s1. The van der Waals surface area contributed by atoms with Gasteiger partial charge < -0.3 is 0 Å². The smallest absolute Gasteiger partial charge is 0.0207 e. The van der Waals surface area contributed by atoms with Crippen LogP contribution in [0.3, 0.4) is 0 Å². The van der Waals surface area contributed by atoms with E-state index in [-0.39, 0.29) is 0 Å². The Kier molecular flexibility index (Phi) is 1.14. The molecule has 0 heterocycles. The molecule has 0 radical (unpaired) electrons. The van der Waals surface area contributed by atoms with Crippen molar-refractivity contribution in [3.63, 3.8) is 0 Å². The van der Waals surface area contributed by atoms with Gasteiger partial charge in [0.1, 0.15) is 0 Å². The van der Waals surface area contributed by atoms with Gasteiger partial charge in [0.15, 0.2) is 0 Å². The first-order chi connectivity index (χ1) is 4.36. The van der Waals surface area contributed by atoms with E-state index in [1.165, 1.54) is 19.3 Å². The number of rotatable bonds is 0. The fourth-order valence-electron chi connectivity index (χ4n) is 2.22. The van der Waals surface area contributed by atoms with Gasteiger partial charge in [-0.15, -0.1) is 0 Å². The highest BCUT2D eigenvalue weighted by molar-refractivity contribution is 5.04. The number of allylic oxidation sites excluding steroid dienone is 2. The average molecular weight is 122 g/mol. The molecule has 50 valence electrons. The molecule has 3 atom stereocenters. The van der Waals surface area contributed by atoms with Crippen LogP contribution in [0, 0.1) is 17.8 Å². The summed E-state index contributed by atoms with van der Waals surface area (Å²) in [5, 5.41) is 0. The van der Waals surface area contributed by atoms with E-state index in [4.69, 9.17) is 0 Å². The summed E-state index contributed by atoms with van der Waals surface area (Å²) in [6.07, 6.45) is 9.24. The van der Waals surface area contributed by atoms with Crippen molar-refractivity contribution < 1.29 is 0 Å².